The molecule has 0 bridgehead atoms. The van der Waals surface area contributed by atoms with Crippen LogP contribution in [-0.4, -0.2) is 39.0 Å². The molecule has 0 radical (unpaired) electrons. The molecule has 0 spiro atoms. The van der Waals surface area contributed by atoms with E-state index in [4.69, 9.17) is 14.2 Å². The topological polar surface area (TPSA) is 80.4 Å². The smallest absolute Gasteiger partial charge is 0.312 e. The van der Waals surface area contributed by atoms with Crippen LogP contribution >= 0.6 is 0 Å². The van der Waals surface area contributed by atoms with Gasteiger partial charge in [0, 0.05) is 24.8 Å². The number of imidazole rings is 1. The summed E-state index contributed by atoms with van der Waals surface area (Å²) < 4.78 is 20.4. The van der Waals surface area contributed by atoms with Crippen LogP contribution in [-0.2, 0) is 47.5 Å². The Hall–Kier alpha value is -3.65. The van der Waals surface area contributed by atoms with Gasteiger partial charge >= 0.3 is 5.97 Å². The summed E-state index contributed by atoms with van der Waals surface area (Å²) >= 11 is 0. The predicted molar refractivity (Wildman–Crippen MR) is 123 cm³/mol. The van der Waals surface area contributed by atoms with Gasteiger partial charge in [-0.2, -0.15) is 5.10 Å². The van der Waals surface area contributed by atoms with Crippen molar-refractivity contribution >= 4 is 17.0 Å². The van der Waals surface area contributed by atoms with Crippen LogP contribution < -0.4 is 4.74 Å². The van der Waals surface area contributed by atoms with Gasteiger partial charge in [-0.3, -0.25) is 9.48 Å². The van der Waals surface area contributed by atoms with Crippen LogP contribution in [0.3, 0.4) is 0 Å². The van der Waals surface area contributed by atoms with Gasteiger partial charge in [-0.05, 0) is 48.4 Å². The minimum absolute atomic E-state index is 0.135. The number of hydrogen-bond acceptors (Lipinski definition) is 6. The highest BCUT2D eigenvalue weighted by Gasteiger charge is 2.17. The molecule has 2 aromatic carbocycles. The summed E-state index contributed by atoms with van der Waals surface area (Å²) in [4.78, 5) is 17.2. The Bertz CT molecular complexity index is 1340. The number of ether oxygens (including phenoxy) is 3. The number of carbonyl (C=O) groups excluding carboxylic acids is 1. The average Bonchev–Trinajstić information content (AvgIpc) is 3.37. The fraction of sp³-hybridized carbons (Fsp3) is 0.320. The number of hydrogen-bond donors (Lipinski definition) is 0. The Morgan fingerprint density at radius 2 is 2.06 bits per heavy atom. The summed E-state index contributed by atoms with van der Waals surface area (Å²) in [5.74, 6) is 1.38. The maximum Gasteiger partial charge on any atom is 0.312 e. The zero-order chi connectivity index (χ0) is 22.9. The van der Waals surface area contributed by atoms with Gasteiger partial charge in [0.25, 0.3) is 0 Å². The molecule has 5 rings (SSSR count). The average molecular weight is 447 g/mol. The van der Waals surface area contributed by atoms with E-state index in [-0.39, 0.29) is 19.0 Å². The van der Waals surface area contributed by atoms with E-state index in [9.17, 15) is 4.79 Å². The van der Waals surface area contributed by atoms with Crippen molar-refractivity contribution in [2.24, 2.45) is 7.05 Å². The maximum absolute atomic E-state index is 12.5. The van der Waals surface area contributed by atoms with Crippen LogP contribution in [0.1, 0.15) is 22.6 Å². The second-order valence-electron chi connectivity index (χ2n) is 8.24. The number of methoxy groups -OCH3 is 1. The molecule has 3 heterocycles. The second kappa shape index (κ2) is 8.71. The number of aryl methyl sites for hydroxylation is 2. The molecule has 2 aromatic heterocycles. The first-order chi connectivity index (χ1) is 16.0. The lowest BCUT2D eigenvalue weighted by Crippen LogP contribution is -2.16. The van der Waals surface area contributed by atoms with E-state index in [1.165, 1.54) is 0 Å². The van der Waals surface area contributed by atoms with Crippen LogP contribution in [0.4, 0.5) is 0 Å². The number of aromatic nitrogens is 4. The molecule has 0 unspecified atom stereocenters. The van der Waals surface area contributed by atoms with Crippen molar-refractivity contribution in [1.82, 2.24) is 19.3 Å². The summed E-state index contributed by atoms with van der Waals surface area (Å²) in [5.41, 5.74) is 6.41. The van der Waals surface area contributed by atoms with Crippen molar-refractivity contribution in [3.05, 3.63) is 65.1 Å². The first kappa shape index (κ1) is 21.2. The highest BCUT2D eigenvalue weighted by Crippen LogP contribution is 2.30. The van der Waals surface area contributed by atoms with E-state index in [1.807, 2.05) is 56.4 Å². The summed E-state index contributed by atoms with van der Waals surface area (Å²) in [7, 11) is 3.47. The molecule has 0 fully saturated rings. The molecule has 0 atom stereocenters. The quantitative estimate of drug-likeness (QED) is 0.421. The molecular weight excluding hydrogens is 420 g/mol. The lowest BCUT2D eigenvalue weighted by Gasteiger charge is -2.14. The Labute approximate surface area is 191 Å². The molecule has 0 N–H and O–H groups in total. The van der Waals surface area contributed by atoms with Crippen LogP contribution in [0.5, 0.6) is 5.75 Å². The molecule has 4 aromatic rings. The summed E-state index contributed by atoms with van der Waals surface area (Å²) in [6.45, 7) is 4.24. The highest BCUT2D eigenvalue weighted by atomic mass is 16.5. The standard InChI is InChI=1S/C25H26N4O4/c1-16-4-6-19(23(10-16)31-3)20-12-18(28(2)27-20)13-25(30)33-14-17-5-7-22-21(11-17)26-24-15-32-9-8-29(22)24/h4-7,10-12H,8-9,13-15H2,1-3H3. The van der Waals surface area contributed by atoms with E-state index in [1.54, 1.807) is 11.8 Å². The number of nitrogens with zero attached hydrogens (tertiary/aromatic N) is 4. The second-order valence-corrected chi connectivity index (χ2v) is 8.24. The first-order valence-electron chi connectivity index (χ1n) is 10.9. The van der Waals surface area contributed by atoms with Crippen molar-refractivity contribution in [1.29, 1.82) is 0 Å². The van der Waals surface area contributed by atoms with E-state index < -0.39 is 0 Å². The van der Waals surface area contributed by atoms with Crippen molar-refractivity contribution in [3.63, 3.8) is 0 Å². The monoisotopic (exact) mass is 446 g/mol. The largest absolute Gasteiger partial charge is 0.496 e. The molecule has 0 amide bonds. The van der Waals surface area contributed by atoms with Crippen LogP contribution in [0, 0.1) is 6.92 Å². The third-order valence-corrected chi connectivity index (χ3v) is 5.92. The van der Waals surface area contributed by atoms with Crippen LogP contribution in [0.15, 0.2) is 42.5 Å². The third kappa shape index (κ3) is 4.21. The maximum atomic E-state index is 12.5. The van der Waals surface area contributed by atoms with Gasteiger partial charge in [0.15, 0.2) is 0 Å². The number of rotatable bonds is 6. The molecule has 1 aliphatic rings. The van der Waals surface area contributed by atoms with Gasteiger partial charge in [0.2, 0.25) is 0 Å². The molecular formula is C25H26N4O4. The fourth-order valence-corrected chi connectivity index (χ4v) is 4.17. The predicted octanol–water partition coefficient (Wildman–Crippen LogP) is 3.57. The zero-order valence-corrected chi connectivity index (χ0v) is 19.0. The molecule has 0 saturated heterocycles. The van der Waals surface area contributed by atoms with Crippen molar-refractivity contribution in [2.45, 2.75) is 33.1 Å². The van der Waals surface area contributed by atoms with Crippen molar-refractivity contribution < 1.29 is 19.0 Å². The molecule has 0 saturated carbocycles. The zero-order valence-electron chi connectivity index (χ0n) is 19.0. The third-order valence-electron chi connectivity index (χ3n) is 5.92. The van der Waals surface area contributed by atoms with Gasteiger partial charge in [0.1, 0.15) is 24.8 Å². The summed E-state index contributed by atoms with van der Waals surface area (Å²) in [6.07, 6.45) is 0.135. The van der Waals surface area contributed by atoms with Crippen LogP contribution in [0.2, 0.25) is 0 Å². The molecule has 170 valence electrons. The summed E-state index contributed by atoms with van der Waals surface area (Å²) in [5, 5.41) is 4.56. The van der Waals surface area contributed by atoms with Gasteiger partial charge < -0.3 is 18.8 Å². The van der Waals surface area contributed by atoms with E-state index in [0.29, 0.717) is 13.2 Å². The Kier molecular flexibility index (Phi) is 5.60. The van der Waals surface area contributed by atoms with E-state index >= 15 is 0 Å². The minimum atomic E-state index is -0.307. The van der Waals surface area contributed by atoms with Crippen molar-refractivity contribution in [2.75, 3.05) is 13.7 Å². The lowest BCUT2D eigenvalue weighted by molar-refractivity contribution is -0.144. The van der Waals surface area contributed by atoms with Crippen LogP contribution in [0.25, 0.3) is 22.3 Å². The van der Waals surface area contributed by atoms with Gasteiger partial charge in [-0.25, -0.2) is 4.98 Å². The Balaban J connectivity index is 1.26. The SMILES string of the molecule is COc1cc(C)ccc1-c1cc(CC(=O)OCc2ccc3c(c2)nc2n3CCOC2)n(C)n1. The number of benzene rings is 2. The Morgan fingerprint density at radius 3 is 2.91 bits per heavy atom. The molecule has 33 heavy (non-hydrogen) atoms. The van der Waals surface area contributed by atoms with Gasteiger partial charge in [-0.1, -0.05) is 12.1 Å². The first-order valence-corrected chi connectivity index (χ1v) is 10.9. The molecule has 0 aliphatic carbocycles. The normalized spacial score (nSPS) is 13.2. The fourth-order valence-electron chi connectivity index (χ4n) is 4.17. The molecule has 1 aliphatic heterocycles. The highest BCUT2D eigenvalue weighted by molar-refractivity contribution is 5.77. The van der Waals surface area contributed by atoms with Gasteiger partial charge in [-0.15, -0.1) is 0 Å². The number of esters is 1. The van der Waals surface area contributed by atoms with Gasteiger partial charge in [0.05, 0.1) is 36.9 Å². The number of carbonyl (C=O) groups is 1. The van der Waals surface area contributed by atoms with E-state index in [2.05, 4.69) is 14.6 Å². The van der Waals surface area contributed by atoms with E-state index in [0.717, 1.165) is 57.2 Å². The van der Waals surface area contributed by atoms with Crippen molar-refractivity contribution in [3.8, 4) is 17.0 Å². The lowest BCUT2D eigenvalue weighted by atomic mass is 10.1. The summed E-state index contributed by atoms with van der Waals surface area (Å²) in [6, 6.07) is 13.8. The number of fused-ring (bicyclic) bond motifs is 3. The minimum Gasteiger partial charge on any atom is -0.496 e. The molecule has 8 nitrogen and oxygen atoms in total. The molecule has 8 heteroatoms. The Morgan fingerprint density at radius 1 is 1.18 bits per heavy atom.